The highest BCUT2D eigenvalue weighted by atomic mass is 35.5. The summed E-state index contributed by atoms with van der Waals surface area (Å²) >= 11 is 6.27. The smallest absolute Gasteiger partial charge is 0.258 e. The molecular weight excluding hydrogens is 380 g/mol. The van der Waals surface area contributed by atoms with E-state index >= 15 is 0 Å². The highest BCUT2D eigenvalue weighted by Gasteiger charge is 2.17. The minimum atomic E-state index is -0.389. The number of hydrogen-bond acceptors (Lipinski definition) is 5. The van der Waals surface area contributed by atoms with Crippen molar-refractivity contribution in [1.29, 1.82) is 0 Å². The van der Waals surface area contributed by atoms with Gasteiger partial charge in [-0.25, -0.2) is 9.67 Å². The first-order valence-corrected chi connectivity index (χ1v) is 9.23. The van der Waals surface area contributed by atoms with Crippen LogP contribution in [0, 0.1) is 0 Å². The number of methoxy groups -OCH3 is 1. The molecule has 0 fully saturated rings. The van der Waals surface area contributed by atoms with Gasteiger partial charge in [0.15, 0.2) is 11.5 Å². The summed E-state index contributed by atoms with van der Waals surface area (Å²) in [5.41, 5.74) is 1.41. The quantitative estimate of drug-likeness (QED) is 0.617. The molecule has 1 heterocycles. The lowest BCUT2D eigenvalue weighted by atomic mass is 10.2. The highest BCUT2D eigenvalue weighted by Crippen LogP contribution is 2.36. The molecule has 1 amide bonds. The Balaban J connectivity index is 1.72. The van der Waals surface area contributed by atoms with Crippen molar-refractivity contribution in [2.75, 3.05) is 19.0 Å². The zero-order chi connectivity index (χ0) is 19.9. The minimum Gasteiger partial charge on any atom is -0.493 e. The van der Waals surface area contributed by atoms with Crippen LogP contribution >= 0.6 is 11.6 Å². The summed E-state index contributed by atoms with van der Waals surface area (Å²) in [5.74, 6) is 0.642. The van der Waals surface area contributed by atoms with Crippen molar-refractivity contribution in [2.45, 2.75) is 19.9 Å². The molecule has 3 rings (SSSR count). The van der Waals surface area contributed by atoms with E-state index in [-0.39, 0.29) is 11.9 Å². The van der Waals surface area contributed by atoms with Crippen molar-refractivity contribution in [3.8, 4) is 11.5 Å². The molecule has 0 atom stereocenters. The third kappa shape index (κ3) is 4.80. The molecule has 0 aliphatic carbocycles. The molecule has 0 radical (unpaired) electrons. The standard InChI is InChI=1S/C20H21ClN4O3/c1-3-9-28-18-16(21)10-15(11-17(18)27-2)19(26)23-20-22-13-25(24-20)12-14-7-5-4-6-8-14/h4-8,10-11,13H,3,9,12H2,1-2H3,(H,23,24,26). The van der Waals surface area contributed by atoms with Crippen molar-refractivity contribution in [3.05, 3.63) is 64.9 Å². The Morgan fingerprint density at radius 3 is 2.75 bits per heavy atom. The zero-order valence-corrected chi connectivity index (χ0v) is 16.4. The molecule has 28 heavy (non-hydrogen) atoms. The first-order valence-electron chi connectivity index (χ1n) is 8.85. The number of amides is 1. The topological polar surface area (TPSA) is 78.3 Å². The number of aromatic nitrogens is 3. The van der Waals surface area contributed by atoms with Gasteiger partial charge in [-0.1, -0.05) is 48.9 Å². The van der Waals surface area contributed by atoms with Gasteiger partial charge in [-0.3, -0.25) is 10.1 Å². The number of nitrogens with zero attached hydrogens (tertiary/aromatic N) is 3. The Bertz CT molecular complexity index is 944. The number of nitrogens with one attached hydrogen (secondary N) is 1. The van der Waals surface area contributed by atoms with Gasteiger partial charge < -0.3 is 9.47 Å². The van der Waals surface area contributed by atoms with Crippen LogP contribution in [0.25, 0.3) is 0 Å². The SMILES string of the molecule is CCCOc1c(Cl)cc(C(=O)Nc2ncn(Cc3ccccc3)n2)cc1OC. The van der Waals surface area contributed by atoms with Gasteiger partial charge in [0.25, 0.3) is 5.91 Å². The second-order valence-electron chi connectivity index (χ2n) is 6.04. The molecule has 0 aliphatic heterocycles. The van der Waals surface area contributed by atoms with Crippen LogP contribution in [0.5, 0.6) is 11.5 Å². The first kappa shape index (κ1) is 19.7. The van der Waals surface area contributed by atoms with Crippen molar-refractivity contribution in [1.82, 2.24) is 14.8 Å². The molecule has 0 saturated heterocycles. The van der Waals surface area contributed by atoms with Crippen LogP contribution in [-0.2, 0) is 6.54 Å². The Hall–Kier alpha value is -3.06. The fourth-order valence-electron chi connectivity index (χ4n) is 2.57. The molecular formula is C20H21ClN4O3. The van der Waals surface area contributed by atoms with Gasteiger partial charge in [0.05, 0.1) is 25.3 Å². The summed E-state index contributed by atoms with van der Waals surface area (Å²) in [5, 5.41) is 7.25. The number of benzene rings is 2. The summed E-state index contributed by atoms with van der Waals surface area (Å²) in [4.78, 5) is 16.7. The Labute approximate surface area is 168 Å². The van der Waals surface area contributed by atoms with Gasteiger partial charge in [-0.05, 0) is 24.1 Å². The molecule has 0 spiro atoms. The summed E-state index contributed by atoms with van der Waals surface area (Å²) in [6.07, 6.45) is 2.40. The fourth-order valence-corrected chi connectivity index (χ4v) is 2.83. The largest absolute Gasteiger partial charge is 0.493 e. The van der Waals surface area contributed by atoms with E-state index < -0.39 is 0 Å². The minimum absolute atomic E-state index is 0.210. The predicted molar refractivity (Wildman–Crippen MR) is 107 cm³/mol. The molecule has 1 N–H and O–H groups in total. The number of rotatable bonds is 8. The summed E-state index contributed by atoms with van der Waals surface area (Å²) in [7, 11) is 1.50. The summed E-state index contributed by atoms with van der Waals surface area (Å²) in [6, 6.07) is 13.0. The van der Waals surface area contributed by atoms with Crippen molar-refractivity contribution < 1.29 is 14.3 Å². The molecule has 0 saturated carbocycles. The predicted octanol–water partition coefficient (Wildman–Crippen LogP) is 4.03. The van der Waals surface area contributed by atoms with E-state index in [9.17, 15) is 4.79 Å². The third-order valence-electron chi connectivity index (χ3n) is 3.89. The maximum absolute atomic E-state index is 12.6. The second kappa shape index (κ2) is 9.23. The number of carbonyl (C=O) groups is 1. The monoisotopic (exact) mass is 400 g/mol. The Kier molecular flexibility index (Phi) is 6.49. The number of ether oxygens (including phenoxy) is 2. The fraction of sp³-hybridized carbons (Fsp3) is 0.250. The van der Waals surface area contributed by atoms with E-state index in [2.05, 4.69) is 15.4 Å². The van der Waals surface area contributed by atoms with E-state index in [1.165, 1.54) is 13.2 Å². The molecule has 0 aliphatic rings. The van der Waals surface area contributed by atoms with Crippen LogP contribution in [-0.4, -0.2) is 34.4 Å². The molecule has 8 heteroatoms. The van der Waals surface area contributed by atoms with E-state index in [0.717, 1.165) is 12.0 Å². The number of anilines is 1. The average molecular weight is 401 g/mol. The van der Waals surface area contributed by atoms with Crippen LogP contribution < -0.4 is 14.8 Å². The van der Waals surface area contributed by atoms with Gasteiger partial charge in [0.2, 0.25) is 5.95 Å². The highest BCUT2D eigenvalue weighted by molar-refractivity contribution is 6.32. The number of hydrogen-bond donors (Lipinski definition) is 1. The molecule has 2 aromatic carbocycles. The van der Waals surface area contributed by atoms with Gasteiger partial charge in [0, 0.05) is 5.56 Å². The lowest BCUT2D eigenvalue weighted by Crippen LogP contribution is -2.14. The van der Waals surface area contributed by atoms with Crippen molar-refractivity contribution >= 4 is 23.5 Å². The molecule has 0 bridgehead atoms. The number of halogens is 1. The van der Waals surface area contributed by atoms with E-state index in [1.807, 2.05) is 37.3 Å². The van der Waals surface area contributed by atoms with Crippen LogP contribution in [0.4, 0.5) is 5.95 Å². The Morgan fingerprint density at radius 1 is 1.25 bits per heavy atom. The van der Waals surface area contributed by atoms with Crippen LogP contribution in [0.15, 0.2) is 48.8 Å². The second-order valence-corrected chi connectivity index (χ2v) is 6.45. The van der Waals surface area contributed by atoms with Crippen LogP contribution in [0.1, 0.15) is 29.3 Å². The zero-order valence-electron chi connectivity index (χ0n) is 15.7. The molecule has 7 nitrogen and oxygen atoms in total. The molecule has 146 valence electrons. The number of carbonyl (C=O) groups excluding carboxylic acids is 1. The van der Waals surface area contributed by atoms with Crippen molar-refractivity contribution in [2.24, 2.45) is 0 Å². The third-order valence-corrected chi connectivity index (χ3v) is 4.17. The molecule has 3 aromatic rings. The van der Waals surface area contributed by atoms with Crippen LogP contribution in [0.3, 0.4) is 0 Å². The van der Waals surface area contributed by atoms with E-state index in [4.69, 9.17) is 21.1 Å². The van der Waals surface area contributed by atoms with Gasteiger partial charge in [-0.15, -0.1) is 5.10 Å². The lowest BCUT2D eigenvalue weighted by molar-refractivity contribution is 0.102. The lowest BCUT2D eigenvalue weighted by Gasteiger charge is -2.13. The average Bonchev–Trinajstić information content (AvgIpc) is 3.13. The maximum Gasteiger partial charge on any atom is 0.258 e. The van der Waals surface area contributed by atoms with Gasteiger partial charge in [-0.2, -0.15) is 0 Å². The van der Waals surface area contributed by atoms with E-state index in [1.54, 1.807) is 17.1 Å². The van der Waals surface area contributed by atoms with Gasteiger partial charge in [0.1, 0.15) is 6.33 Å². The molecule has 1 aromatic heterocycles. The summed E-state index contributed by atoms with van der Waals surface area (Å²) in [6.45, 7) is 3.06. The normalized spacial score (nSPS) is 10.5. The summed E-state index contributed by atoms with van der Waals surface area (Å²) < 4.78 is 12.6. The molecule has 0 unspecified atom stereocenters. The first-order chi connectivity index (χ1) is 13.6. The Morgan fingerprint density at radius 2 is 2.04 bits per heavy atom. The maximum atomic E-state index is 12.6. The van der Waals surface area contributed by atoms with Crippen molar-refractivity contribution in [3.63, 3.8) is 0 Å². The van der Waals surface area contributed by atoms with Gasteiger partial charge >= 0.3 is 0 Å². The van der Waals surface area contributed by atoms with Crippen LogP contribution in [0.2, 0.25) is 5.02 Å². The van der Waals surface area contributed by atoms with E-state index in [0.29, 0.717) is 35.2 Å².